The van der Waals surface area contributed by atoms with Gasteiger partial charge in [-0.05, 0) is 30.2 Å². The molecule has 0 spiro atoms. The third-order valence-electron chi connectivity index (χ3n) is 5.01. The molecule has 0 amide bonds. The lowest BCUT2D eigenvalue weighted by Gasteiger charge is -2.21. The quantitative estimate of drug-likeness (QED) is 0.741. The summed E-state index contributed by atoms with van der Waals surface area (Å²) in [6.45, 7) is 0.759. The molecule has 0 bridgehead atoms. The monoisotopic (exact) mass is 420 g/mol. The minimum Gasteiger partial charge on any atom is -0.371 e. The second kappa shape index (κ2) is 8.98. The predicted molar refractivity (Wildman–Crippen MR) is 114 cm³/mol. The summed E-state index contributed by atoms with van der Waals surface area (Å²) in [7, 11) is 0. The van der Waals surface area contributed by atoms with Crippen LogP contribution in [0.3, 0.4) is 0 Å². The number of dihydropyridines is 1. The van der Waals surface area contributed by atoms with Crippen LogP contribution >= 0.6 is 0 Å². The largest absolute Gasteiger partial charge is 0.371 e. The van der Waals surface area contributed by atoms with Crippen molar-refractivity contribution in [3.8, 4) is 17.2 Å². The van der Waals surface area contributed by atoms with Crippen molar-refractivity contribution in [2.75, 3.05) is 13.2 Å². The first-order chi connectivity index (χ1) is 15.1. The van der Waals surface area contributed by atoms with E-state index in [0.717, 1.165) is 6.21 Å². The van der Waals surface area contributed by atoms with Crippen LogP contribution in [0, 0.1) is 17.1 Å². The number of nitriles is 1. The molecule has 0 saturated heterocycles. The van der Waals surface area contributed by atoms with Crippen molar-refractivity contribution in [3.63, 3.8) is 0 Å². The maximum Gasteiger partial charge on any atom is 0.263 e. The van der Waals surface area contributed by atoms with Crippen molar-refractivity contribution in [1.82, 2.24) is 4.57 Å². The normalized spacial score (nSPS) is 17.8. The van der Waals surface area contributed by atoms with Gasteiger partial charge in [0.25, 0.3) is 5.56 Å². The molecule has 0 atom stereocenters. The molecule has 31 heavy (non-hydrogen) atoms. The zero-order valence-electron chi connectivity index (χ0n) is 16.5. The Morgan fingerprint density at radius 2 is 2.00 bits per heavy atom. The third-order valence-corrected chi connectivity index (χ3v) is 5.01. The summed E-state index contributed by atoms with van der Waals surface area (Å²) in [6, 6.07) is 7.57. The second-order valence-corrected chi connectivity index (χ2v) is 6.97. The first-order valence-electron chi connectivity index (χ1n) is 9.70. The molecular formula is C23H18F2N4O2. The average molecular weight is 420 g/mol. The molecule has 0 aliphatic carbocycles. The first-order valence-corrected chi connectivity index (χ1v) is 9.70. The van der Waals surface area contributed by atoms with E-state index in [9.17, 15) is 18.8 Å². The number of rotatable bonds is 2. The van der Waals surface area contributed by atoms with Crippen LogP contribution in [0.4, 0.5) is 8.78 Å². The fraction of sp³-hybridized carbons (Fsp3) is 0.217. The van der Waals surface area contributed by atoms with E-state index in [4.69, 9.17) is 4.74 Å². The van der Waals surface area contributed by atoms with Gasteiger partial charge in [0.15, 0.2) is 0 Å². The van der Waals surface area contributed by atoms with Gasteiger partial charge in [0.2, 0.25) is 0 Å². The number of allylic oxidation sites excluding steroid dienone is 2. The van der Waals surface area contributed by atoms with Gasteiger partial charge in [-0.15, -0.1) is 0 Å². The summed E-state index contributed by atoms with van der Waals surface area (Å²) in [6.07, 6.45) is 6.51. The zero-order chi connectivity index (χ0) is 21.8. The Morgan fingerprint density at radius 3 is 2.77 bits per heavy atom. The van der Waals surface area contributed by atoms with Gasteiger partial charge in [0, 0.05) is 23.9 Å². The Kier molecular flexibility index (Phi) is 5.96. The summed E-state index contributed by atoms with van der Waals surface area (Å²) in [5, 5.41) is 9.46. The smallest absolute Gasteiger partial charge is 0.263 e. The lowest BCUT2D eigenvalue weighted by Crippen LogP contribution is -2.28. The maximum atomic E-state index is 14.3. The second-order valence-electron chi connectivity index (χ2n) is 6.97. The highest BCUT2D eigenvalue weighted by Crippen LogP contribution is 2.27. The summed E-state index contributed by atoms with van der Waals surface area (Å²) >= 11 is 0. The molecule has 8 heteroatoms. The molecule has 4 rings (SSSR count). The first kappa shape index (κ1) is 20.6. The highest BCUT2D eigenvalue weighted by Gasteiger charge is 2.21. The third kappa shape index (κ3) is 4.13. The van der Waals surface area contributed by atoms with Crippen molar-refractivity contribution >= 4 is 18.1 Å². The molecule has 0 fully saturated rings. The number of hydrogen-bond donors (Lipinski definition) is 0. The predicted octanol–water partition coefficient (Wildman–Crippen LogP) is 3.80. The number of benzene rings is 1. The molecule has 3 heterocycles. The molecule has 1 aromatic carbocycles. The van der Waals surface area contributed by atoms with Crippen molar-refractivity contribution in [1.29, 1.82) is 5.26 Å². The minimum atomic E-state index is -0.710. The number of nitrogens with zero attached hydrogens (tertiary/aromatic N) is 4. The fourth-order valence-corrected chi connectivity index (χ4v) is 3.55. The summed E-state index contributed by atoms with van der Waals surface area (Å²) in [5.74, 6) is -1.23. The Hall–Kier alpha value is -3.70. The Morgan fingerprint density at radius 1 is 1.13 bits per heavy atom. The van der Waals surface area contributed by atoms with Crippen molar-refractivity contribution < 1.29 is 13.5 Å². The average Bonchev–Trinajstić information content (AvgIpc) is 2.78. The molecule has 0 unspecified atom stereocenters. The number of pyridine rings is 1. The van der Waals surface area contributed by atoms with E-state index in [1.165, 1.54) is 28.8 Å². The standard InChI is InChI=1S/C23H18F2N4O2/c24-16-6-8-31-14-22-15(11-28-12-16)9-19(18-4-1-5-21(25)20(18)10-26)23(30)29(22)17-3-2-7-27-13-17/h1,3-6,9,12-13H,2,7-8,11,14H2/b16-6+,28-12?. The summed E-state index contributed by atoms with van der Waals surface area (Å²) in [4.78, 5) is 22.0. The van der Waals surface area contributed by atoms with Gasteiger partial charge in [0.05, 0.1) is 42.9 Å². The molecule has 0 N–H and O–H groups in total. The summed E-state index contributed by atoms with van der Waals surface area (Å²) < 4.78 is 35.0. The van der Waals surface area contributed by atoms with Gasteiger partial charge in [-0.25, -0.2) is 8.78 Å². The summed E-state index contributed by atoms with van der Waals surface area (Å²) in [5.41, 5.74) is 1.42. The molecule has 1 aromatic heterocycles. The van der Waals surface area contributed by atoms with E-state index >= 15 is 0 Å². The SMILES string of the molecule is N#Cc1c(F)cccc1-c1cc2c(n(C3=CCCN=C3)c1=O)COC/C=C(/F)C=NC2. The molecule has 0 saturated carbocycles. The molecule has 6 nitrogen and oxygen atoms in total. The van der Waals surface area contributed by atoms with Crippen LogP contribution in [-0.2, 0) is 17.9 Å². The Balaban J connectivity index is 2.01. The number of hydrogen-bond acceptors (Lipinski definition) is 5. The molecule has 2 aliphatic rings. The van der Waals surface area contributed by atoms with E-state index in [2.05, 4.69) is 9.98 Å². The highest BCUT2D eigenvalue weighted by atomic mass is 19.1. The lowest BCUT2D eigenvalue weighted by atomic mass is 9.98. The minimum absolute atomic E-state index is 0.0167. The van der Waals surface area contributed by atoms with Crippen LogP contribution < -0.4 is 5.56 Å². The number of aromatic nitrogens is 1. The van der Waals surface area contributed by atoms with E-state index in [-0.39, 0.29) is 36.4 Å². The maximum absolute atomic E-state index is 14.3. The van der Waals surface area contributed by atoms with Gasteiger partial charge >= 0.3 is 0 Å². The van der Waals surface area contributed by atoms with E-state index in [1.807, 2.05) is 12.1 Å². The highest BCUT2D eigenvalue weighted by molar-refractivity contribution is 6.03. The van der Waals surface area contributed by atoms with Crippen molar-refractivity contribution in [3.05, 3.63) is 75.2 Å². The molecule has 2 aromatic rings. The molecular weight excluding hydrogens is 402 g/mol. The van der Waals surface area contributed by atoms with Gasteiger partial charge in [-0.1, -0.05) is 18.2 Å². The molecule has 156 valence electrons. The van der Waals surface area contributed by atoms with Gasteiger partial charge in [0.1, 0.15) is 17.7 Å². The fourth-order valence-electron chi connectivity index (χ4n) is 3.55. The number of fused-ring (bicyclic) bond motifs is 1. The zero-order valence-corrected chi connectivity index (χ0v) is 16.5. The number of ether oxygens (including phenoxy) is 1. The van der Waals surface area contributed by atoms with Gasteiger partial charge in [-0.3, -0.25) is 19.3 Å². The lowest BCUT2D eigenvalue weighted by molar-refractivity contribution is 0.142. The Bertz CT molecular complexity index is 1250. The van der Waals surface area contributed by atoms with Gasteiger partial charge in [-0.2, -0.15) is 5.26 Å². The number of halogens is 2. The van der Waals surface area contributed by atoms with Crippen molar-refractivity contribution in [2.24, 2.45) is 9.98 Å². The molecule has 2 aliphatic heterocycles. The van der Waals surface area contributed by atoms with Gasteiger partial charge < -0.3 is 4.74 Å². The van der Waals surface area contributed by atoms with Crippen LogP contribution in [0.2, 0.25) is 0 Å². The van der Waals surface area contributed by atoms with E-state index in [1.54, 1.807) is 12.3 Å². The van der Waals surface area contributed by atoms with Crippen LogP contribution in [0.1, 0.15) is 23.2 Å². The molecule has 0 radical (unpaired) electrons. The van der Waals surface area contributed by atoms with E-state index < -0.39 is 17.2 Å². The topological polar surface area (TPSA) is 79.7 Å². The van der Waals surface area contributed by atoms with Crippen molar-refractivity contribution in [2.45, 2.75) is 19.6 Å². The van der Waals surface area contributed by atoms with E-state index in [0.29, 0.717) is 29.9 Å². The Labute approximate surface area is 177 Å². The van der Waals surface area contributed by atoms with Crippen LogP contribution in [0.5, 0.6) is 0 Å². The van der Waals surface area contributed by atoms with Crippen LogP contribution in [-0.4, -0.2) is 30.1 Å². The number of aliphatic imine (C=N–C) groups is 2. The van der Waals surface area contributed by atoms with Crippen LogP contribution in [0.15, 0.2) is 57.0 Å². The van der Waals surface area contributed by atoms with Crippen LogP contribution in [0.25, 0.3) is 16.8 Å².